The molecule has 2 aromatic heterocycles. The quantitative estimate of drug-likeness (QED) is 0.169. The van der Waals surface area contributed by atoms with E-state index in [2.05, 4.69) is 44.6 Å². The van der Waals surface area contributed by atoms with Crippen molar-refractivity contribution in [3.8, 4) is 23.1 Å². The molecule has 4 fully saturated rings. The lowest BCUT2D eigenvalue weighted by Crippen LogP contribution is -2.52. The number of methoxy groups -OCH3 is 2. The summed E-state index contributed by atoms with van der Waals surface area (Å²) in [5, 5.41) is 5.50. The number of fused-ring (bicyclic) bond motifs is 6. The molecule has 4 N–H and O–H groups in total. The molecule has 9 rings (SSSR count). The summed E-state index contributed by atoms with van der Waals surface area (Å²) in [6.07, 6.45) is 4.07. The molecule has 2 aromatic carbocycles. The second kappa shape index (κ2) is 14.5. The third-order valence-electron chi connectivity index (χ3n) is 12.8. The Hall–Kier alpha value is -5.84. The van der Waals surface area contributed by atoms with Gasteiger partial charge in [-0.3, -0.25) is 9.59 Å². The zero-order valence-corrected chi connectivity index (χ0v) is 33.7. The molecule has 2 aliphatic heterocycles. The summed E-state index contributed by atoms with van der Waals surface area (Å²) in [5.41, 5.74) is 7.69. The van der Waals surface area contributed by atoms with Gasteiger partial charge in [-0.15, -0.1) is 0 Å². The second-order valence-corrected chi connectivity index (χ2v) is 17.3. The van der Waals surface area contributed by atoms with E-state index in [1.165, 1.54) is 19.8 Å². The van der Waals surface area contributed by atoms with Crippen LogP contribution in [0.15, 0.2) is 36.4 Å². The Kier molecular flexibility index (Phi) is 9.44. The summed E-state index contributed by atoms with van der Waals surface area (Å²) in [4.78, 5) is 72.9. The van der Waals surface area contributed by atoms with E-state index in [9.17, 15) is 19.2 Å². The van der Waals surface area contributed by atoms with Crippen molar-refractivity contribution in [1.29, 1.82) is 0 Å². The van der Waals surface area contributed by atoms with Crippen LogP contribution in [0.4, 0.5) is 9.59 Å². The van der Waals surface area contributed by atoms with Crippen molar-refractivity contribution in [2.24, 2.45) is 23.7 Å². The van der Waals surface area contributed by atoms with Gasteiger partial charge >= 0.3 is 12.2 Å². The minimum atomic E-state index is -0.685. The molecule has 58 heavy (non-hydrogen) atoms. The third-order valence-corrected chi connectivity index (χ3v) is 12.8. The van der Waals surface area contributed by atoms with Gasteiger partial charge in [-0.05, 0) is 98.1 Å². The molecule has 0 spiro atoms. The smallest absolute Gasteiger partial charge is 0.407 e. The number of nitrogens with one attached hydrogen (secondary N) is 4. The molecule has 0 unspecified atom stereocenters. The summed E-state index contributed by atoms with van der Waals surface area (Å²) >= 11 is 0. The fourth-order valence-corrected chi connectivity index (χ4v) is 9.52. The van der Waals surface area contributed by atoms with Crippen LogP contribution in [0.25, 0.3) is 22.3 Å². The van der Waals surface area contributed by atoms with Crippen LogP contribution in [0.2, 0.25) is 0 Å². The number of aromatic nitrogens is 4. The maximum Gasteiger partial charge on any atom is 0.407 e. The van der Waals surface area contributed by atoms with E-state index < -0.39 is 24.3 Å². The van der Waals surface area contributed by atoms with E-state index in [-0.39, 0.29) is 47.8 Å². The highest BCUT2D eigenvalue weighted by molar-refractivity contribution is 5.88. The van der Waals surface area contributed by atoms with Crippen LogP contribution in [0.3, 0.4) is 0 Å². The minimum absolute atomic E-state index is 0.0876. The molecular weight excluding hydrogens is 737 g/mol. The molecule has 14 nitrogen and oxygen atoms in total. The highest BCUT2D eigenvalue weighted by Crippen LogP contribution is 2.55. The van der Waals surface area contributed by atoms with Crippen LogP contribution in [0.5, 0.6) is 0 Å². The van der Waals surface area contributed by atoms with Crippen LogP contribution >= 0.6 is 0 Å². The monoisotopic (exact) mass is 786 g/mol. The van der Waals surface area contributed by atoms with Crippen LogP contribution in [0.1, 0.15) is 99.5 Å². The normalized spacial score (nSPS) is 24.6. The van der Waals surface area contributed by atoms with Gasteiger partial charge in [0, 0.05) is 34.5 Å². The number of imidazole rings is 2. The van der Waals surface area contributed by atoms with E-state index in [1.807, 2.05) is 61.8 Å². The molecule has 0 bridgehead atoms. The standard InChI is InChI=1S/C44H50N8O6/c1-21(2)36(49-43(55)57-5)41(53)51-32-17-26(32)19-34(51)39-45-29-13-10-24(16-31(29)47-39)8-7-23-9-12-28-25(15-23)11-14-30-38(28)48-40(46-30)35-20-27-18-33(27)52(35)42(54)37(22(3)4)50-44(56)58-6/h9-10,12-13,15-16,21-22,26-27,32-37H,11,14,17-20H2,1-6H3,(H,45,47)(H,46,48)(H,49,55)(H,50,56)/t26-,27-,32-,33-,34+,35+,36+,37+/m1/s1. The third kappa shape index (κ3) is 6.73. The van der Waals surface area contributed by atoms with Crippen molar-refractivity contribution in [2.75, 3.05) is 14.2 Å². The van der Waals surface area contributed by atoms with Crippen LogP contribution < -0.4 is 10.6 Å². The van der Waals surface area contributed by atoms with Crippen molar-refractivity contribution in [2.45, 2.75) is 102 Å². The number of piperidine rings is 2. The maximum absolute atomic E-state index is 13.9. The van der Waals surface area contributed by atoms with Gasteiger partial charge in [-0.1, -0.05) is 45.6 Å². The molecule has 2 saturated heterocycles. The zero-order chi connectivity index (χ0) is 40.6. The zero-order valence-electron chi connectivity index (χ0n) is 33.7. The Morgan fingerprint density at radius 1 is 0.724 bits per heavy atom. The second-order valence-electron chi connectivity index (χ2n) is 17.3. The number of hydrogen-bond acceptors (Lipinski definition) is 8. The lowest BCUT2D eigenvalue weighted by Gasteiger charge is -2.31. The Labute approximate surface area is 337 Å². The van der Waals surface area contributed by atoms with Crippen LogP contribution in [-0.4, -0.2) is 92.1 Å². The predicted octanol–water partition coefficient (Wildman–Crippen LogP) is 5.54. The highest BCUT2D eigenvalue weighted by Gasteiger charge is 2.57. The number of carbonyl (C=O) groups excluding carboxylic acids is 4. The molecule has 5 aliphatic rings. The molecule has 4 amide bonds. The highest BCUT2D eigenvalue weighted by atomic mass is 16.5. The fourth-order valence-electron chi connectivity index (χ4n) is 9.52. The molecule has 3 aliphatic carbocycles. The number of hydrogen-bond donors (Lipinski definition) is 4. The Morgan fingerprint density at radius 3 is 1.84 bits per heavy atom. The first-order chi connectivity index (χ1) is 27.9. The minimum Gasteiger partial charge on any atom is -0.453 e. The number of nitrogens with zero attached hydrogens (tertiary/aromatic N) is 4. The summed E-state index contributed by atoms with van der Waals surface area (Å²) in [6, 6.07) is 10.8. The number of aryl methyl sites for hydroxylation is 2. The number of likely N-dealkylation sites (tertiary alicyclic amines) is 2. The number of ether oxygens (including phenoxy) is 2. The number of carbonyl (C=O) groups is 4. The molecule has 4 heterocycles. The van der Waals surface area contributed by atoms with E-state index in [0.717, 1.165) is 89.3 Å². The Balaban J connectivity index is 0.913. The molecule has 0 radical (unpaired) electrons. The molecule has 4 aromatic rings. The average molecular weight is 787 g/mol. The molecule has 14 heteroatoms. The fraction of sp³-hybridized carbons (Fsp3) is 0.500. The summed E-state index contributed by atoms with van der Waals surface area (Å²) in [6.45, 7) is 7.70. The van der Waals surface area contributed by atoms with Crippen LogP contribution in [0, 0.1) is 35.5 Å². The molecule has 2 saturated carbocycles. The number of aromatic amines is 2. The van der Waals surface area contributed by atoms with E-state index in [1.54, 1.807) is 0 Å². The van der Waals surface area contributed by atoms with Gasteiger partial charge in [0.25, 0.3) is 0 Å². The summed E-state index contributed by atoms with van der Waals surface area (Å²) < 4.78 is 9.62. The van der Waals surface area contributed by atoms with Crippen molar-refractivity contribution in [3.63, 3.8) is 0 Å². The molecular formula is C44H50N8O6. The topological polar surface area (TPSA) is 175 Å². The Morgan fingerprint density at radius 2 is 1.28 bits per heavy atom. The number of amides is 4. The van der Waals surface area contributed by atoms with Gasteiger partial charge in [0.1, 0.15) is 23.7 Å². The summed E-state index contributed by atoms with van der Waals surface area (Å²) in [5.74, 6) is 8.75. The largest absolute Gasteiger partial charge is 0.453 e. The first-order valence-electron chi connectivity index (χ1n) is 20.5. The van der Waals surface area contributed by atoms with E-state index in [0.29, 0.717) is 11.8 Å². The van der Waals surface area contributed by atoms with Crippen molar-refractivity contribution < 1.29 is 28.7 Å². The van der Waals surface area contributed by atoms with E-state index >= 15 is 0 Å². The van der Waals surface area contributed by atoms with E-state index in [4.69, 9.17) is 19.4 Å². The number of H-pyrrole nitrogens is 2. The predicted molar refractivity (Wildman–Crippen MR) is 214 cm³/mol. The average Bonchev–Trinajstić information content (AvgIpc) is 3.87. The number of rotatable bonds is 8. The van der Waals surface area contributed by atoms with Crippen LogP contribution in [-0.2, 0) is 31.9 Å². The van der Waals surface area contributed by atoms with Crippen molar-refractivity contribution in [1.82, 2.24) is 40.4 Å². The lowest BCUT2D eigenvalue weighted by atomic mass is 9.91. The summed E-state index contributed by atoms with van der Waals surface area (Å²) in [7, 11) is 2.61. The number of benzene rings is 2. The van der Waals surface area contributed by atoms with Crippen molar-refractivity contribution >= 4 is 35.0 Å². The Bertz CT molecular complexity index is 2390. The molecule has 302 valence electrons. The van der Waals surface area contributed by atoms with Gasteiger partial charge in [-0.2, -0.15) is 0 Å². The maximum atomic E-state index is 13.9. The van der Waals surface area contributed by atoms with Gasteiger partial charge in [0.15, 0.2) is 0 Å². The van der Waals surface area contributed by atoms with Gasteiger partial charge in [0.2, 0.25) is 11.8 Å². The molecule has 8 atom stereocenters. The number of alkyl carbamates (subject to hydrolysis) is 2. The van der Waals surface area contributed by atoms with Gasteiger partial charge in [-0.25, -0.2) is 19.6 Å². The first-order valence-corrected chi connectivity index (χ1v) is 20.5. The SMILES string of the molecule is COC(=O)N[C@H](C(=O)N1[C@@H]2C[C@@H]2C[C@H]1c1nc2c([nH]1)CCc1cc(C#Cc3ccc4nc([C@@H]5C[C@H]6C[C@H]6N5C(=O)[C@@H](NC(=O)OC)C(C)C)[nH]c4c3)ccc1-2)C(C)C. The lowest BCUT2D eigenvalue weighted by molar-refractivity contribution is -0.137. The van der Waals surface area contributed by atoms with Gasteiger partial charge in [0.05, 0.1) is 43.0 Å². The first kappa shape index (κ1) is 37.7. The van der Waals surface area contributed by atoms with Gasteiger partial charge < -0.3 is 39.9 Å². The van der Waals surface area contributed by atoms with Crippen molar-refractivity contribution in [3.05, 3.63) is 70.4 Å².